The van der Waals surface area contributed by atoms with Crippen molar-refractivity contribution < 1.29 is 13.2 Å². The number of hydrogen-bond donors (Lipinski definition) is 1. The number of aryl methyl sites for hydroxylation is 2. The molecule has 6 heteroatoms. The molecule has 0 aliphatic heterocycles. The van der Waals surface area contributed by atoms with Crippen LogP contribution in [0.2, 0.25) is 0 Å². The van der Waals surface area contributed by atoms with Crippen molar-refractivity contribution in [2.45, 2.75) is 25.3 Å². The highest BCUT2D eigenvalue weighted by molar-refractivity contribution is 7.89. The molecule has 21 heavy (non-hydrogen) atoms. The maximum absolute atomic E-state index is 12.2. The third kappa shape index (κ3) is 3.65. The van der Waals surface area contributed by atoms with Crippen molar-refractivity contribution in [1.29, 1.82) is 0 Å². The van der Waals surface area contributed by atoms with Gasteiger partial charge in [-0.05, 0) is 50.2 Å². The number of aromatic nitrogens is 1. The predicted molar refractivity (Wildman–Crippen MR) is 82.1 cm³/mol. The van der Waals surface area contributed by atoms with Crippen molar-refractivity contribution in [2.24, 2.45) is 0 Å². The van der Waals surface area contributed by atoms with Crippen LogP contribution in [0.25, 0.3) is 0 Å². The van der Waals surface area contributed by atoms with Crippen LogP contribution in [0.5, 0.6) is 5.75 Å². The van der Waals surface area contributed by atoms with Gasteiger partial charge in [-0.15, -0.1) is 0 Å². The Balaban J connectivity index is 2.01. The molecule has 114 valence electrons. The average molecular weight is 308 g/mol. The van der Waals surface area contributed by atoms with Crippen LogP contribution in [0.15, 0.2) is 41.3 Å². The lowest BCUT2D eigenvalue weighted by Crippen LogP contribution is -2.27. The Bertz CT molecular complexity index is 684. The molecule has 0 saturated heterocycles. The van der Waals surface area contributed by atoms with Gasteiger partial charge in [0.2, 0.25) is 10.0 Å². The molecule has 0 fully saturated rings. The van der Waals surface area contributed by atoms with E-state index in [2.05, 4.69) is 9.29 Å². The first-order valence-electron chi connectivity index (χ1n) is 6.70. The van der Waals surface area contributed by atoms with E-state index in [1.165, 1.54) is 12.1 Å². The minimum Gasteiger partial charge on any atom is -0.497 e. The lowest BCUT2D eigenvalue weighted by atomic mass is 10.3. The molecule has 0 saturated carbocycles. The van der Waals surface area contributed by atoms with Crippen LogP contribution >= 0.6 is 0 Å². The summed E-state index contributed by atoms with van der Waals surface area (Å²) in [5, 5.41) is 0. The number of ether oxygens (including phenoxy) is 1. The van der Waals surface area contributed by atoms with Gasteiger partial charge >= 0.3 is 0 Å². The fourth-order valence-corrected chi connectivity index (χ4v) is 3.20. The number of nitrogens with zero attached hydrogens (tertiary/aromatic N) is 1. The summed E-state index contributed by atoms with van der Waals surface area (Å²) in [5.74, 6) is 0.632. The van der Waals surface area contributed by atoms with Crippen LogP contribution in [0.4, 0.5) is 0 Å². The minimum absolute atomic E-state index is 0.240. The van der Waals surface area contributed by atoms with Gasteiger partial charge in [0.25, 0.3) is 0 Å². The van der Waals surface area contributed by atoms with Gasteiger partial charge in [0.15, 0.2) is 0 Å². The summed E-state index contributed by atoms with van der Waals surface area (Å²) in [6.07, 6.45) is 0. The Morgan fingerprint density at radius 3 is 2.14 bits per heavy atom. The third-order valence-corrected chi connectivity index (χ3v) is 4.89. The Hall–Kier alpha value is -1.79. The highest BCUT2D eigenvalue weighted by Crippen LogP contribution is 2.15. The van der Waals surface area contributed by atoms with Gasteiger partial charge in [-0.1, -0.05) is 0 Å². The molecule has 1 N–H and O–H groups in total. The zero-order chi connectivity index (χ0) is 15.5. The van der Waals surface area contributed by atoms with E-state index in [-0.39, 0.29) is 4.90 Å². The fourth-order valence-electron chi connectivity index (χ4n) is 2.18. The largest absolute Gasteiger partial charge is 0.497 e. The first kappa shape index (κ1) is 15.6. The average Bonchev–Trinajstić information content (AvgIpc) is 2.79. The summed E-state index contributed by atoms with van der Waals surface area (Å²) < 4.78 is 34.1. The maximum Gasteiger partial charge on any atom is 0.240 e. The summed E-state index contributed by atoms with van der Waals surface area (Å²) in [6.45, 7) is 4.97. The van der Waals surface area contributed by atoms with Gasteiger partial charge in [0.05, 0.1) is 12.0 Å². The second-order valence-electron chi connectivity index (χ2n) is 4.84. The number of methoxy groups -OCH3 is 1. The SMILES string of the molecule is COc1ccc(S(=O)(=O)NCCn2c(C)ccc2C)cc1. The number of nitrogens with one attached hydrogen (secondary N) is 1. The Morgan fingerprint density at radius 2 is 1.62 bits per heavy atom. The standard InChI is InChI=1S/C15H20N2O3S/c1-12-4-5-13(2)17(12)11-10-16-21(18,19)15-8-6-14(20-3)7-9-15/h4-9,16H,10-11H2,1-3H3. The molecule has 2 rings (SSSR count). The smallest absolute Gasteiger partial charge is 0.240 e. The first-order valence-corrected chi connectivity index (χ1v) is 8.19. The summed E-state index contributed by atoms with van der Waals surface area (Å²) in [7, 11) is -1.94. The van der Waals surface area contributed by atoms with Crippen LogP contribution < -0.4 is 9.46 Å². The number of rotatable bonds is 6. The molecule has 2 aromatic rings. The van der Waals surface area contributed by atoms with E-state index in [0.717, 1.165) is 11.4 Å². The summed E-state index contributed by atoms with van der Waals surface area (Å²) >= 11 is 0. The van der Waals surface area contributed by atoms with E-state index in [9.17, 15) is 8.42 Å². The predicted octanol–water partition coefficient (Wildman–Crippen LogP) is 2.09. The number of hydrogen-bond acceptors (Lipinski definition) is 3. The molecule has 1 aromatic heterocycles. The quantitative estimate of drug-likeness (QED) is 0.889. The van der Waals surface area contributed by atoms with Gasteiger partial charge in [0, 0.05) is 24.5 Å². The van der Waals surface area contributed by atoms with Crippen molar-refractivity contribution in [3.63, 3.8) is 0 Å². The first-order chi connectivity index (χ1) is 9.94. The van der Waals surface area contributed by atoms with E-state index in [4.69, 9.17) is 4.74 Å². The maximum atomic E-state index is 12.2. The van der Waals surface area contributed by atoms with E-state index < -0.39 is 10.0 Å². The number of sulfonamides is 1. The summed E-state index contributed by atoms with van der Waals surface area (Å²) in [4.78, 5) is 0.240. The minimum atomic E-state index is -3.48. The molecule has 0 atom stereocenters. The Morgan fingerprint density at radius 1 is 1.05 bits per heavy atom. The Labute approximate surface area is 125 Å². The molecule has 0 aliphatic rings. The van der Waals surface area contributed by atoms with E-state index >= 15 is 0 Å². The molecular formula is C15H20N2O3S. The monoisotopic (exact) mass is 308 g/mol. The molecule has 1 heterocycles. The van der Waals surface area contributed by atoms with Crippen LogP contribution in [-0.4, -0.2) is 26.6 Å². The van der Waals surface area contributed by atoms with Gasteiger partial charge < -0.3 is 9.30 Å². The highest BCUT2D eigenvalue weighted by atomic mass is 32.2. The van der Waals surface area contributed by atoms with Gasteiger partial charge in [-0.2, -0.15) is 0 Å². The normalized spacial score (nSPS) is 11.6. The van der Waals surface area contributed by atoms with Crippen LogP contribution in [0.1, 0.15) is 11.4 Å². The highest BCUT2D eigenvalue weighted by Gasteiger charge is 2.13. The molecule has 0 spiro atoms. The lowest BCUT2D eigenvalue weighted by molar-refractivity contribution is 0.414. The summed E-state index contributed by atoms with van der Waals surface area (Å²) in [5.41, 5.74) is 2.24. The van der Waals surface area contributed by atoms with Gasteiger partial charge in [-0.3, -0.25) is 0 Å². The molecule has 0 aliphatic carbocycles. The molecule has 0 radical (unpaired) electrons. The topological polar surface area (TPSA) is 60.3 Å². The van der Waals surface area contributed by atoms with Crippen LogP contribution in [0, 0.1) is 13.8 Å². The summed E-state index contributed by atoms with van der Waals surface area (Å²) in [6, 6.07) is 10.4. The van der Waals surface area contributed by atoms with Crippen LogP contribution in [-0.2, 0) is 16.6 Å². The second-order valence-corrected chi connectivity index (χ2v) is 6.61. The van der Waals surface area contributed by atoms with Gasteiger partial charge in [0.1, 0.15) is 5.75 Å². The van der Waals surface area contributed by atoms with E-state index in [0.29, 0.717) is 18.8 Å². The van der Waals surface area contributed by atoms with Crippen molar-refractivity contribution in [2.75, 3.05) is 13.7 Å². The molecule has 1 aromatic carbocycles. The van der Waals surface area contributed by atoms with Gasteiger partial charge in [-0.25, -0.2) is 13.1 Å². The van der Waals surface area contributed by atoms with Crippen LogP contribution in [0.3, 0.4) is 0 Å². The second kappa shape index (κ2) is 6.32. The lowest BCUT2D eigenvalue weighted by Gasteiger charge is -2.11. The molecule has 5 nitrogen and oxygen atoms in total. The van der Waals surface area contributed by atoms with Crippen molar-refractivity contribution in [3.05, 3.63) is 47.8 Å². The van der Waals surface area contributed by atoms with Crippen molar-refractivity contribution in [3.8, 4) is 5.75 Å². The number of benzene rings is 1. The molecule has 0 amide bonds. The molecule has 0 unspecified atom stereocenters. The fraction of sp³-hybridized carbons (Fsp3) is 0.333. The van der Waals surface area contributed by atoms with E-state index in [1.54, 1.807) is 19.2 Å². The third-order valence-electron chi connectivity index (χ3n) is 3.41. The molecular weight excluding hydrogens is 288 g/mol. The molecule has 0 bridgehead atoms. The van der Waals surface area contributed by atoms with Crippen molar-refractivity contribution >= 4 is 10.0 Å². The van der Waals surface area contributed by atoms with E-state index in [1.807, 2.05) is 26.0 Å². The Kier molecular flexibility index (Phi) is 4.69. The zero-order valence-corrected chi connectivity index (χ0v) is 13.3. The zero-order valence-electron chi connectivity index (χ0n) is 12.5. The van der Waals surface area contributed by atoms with Crippen molar-refractivity contribution in [1.82, 2.24) is 9.29 Å².